The summed E-state index contributed by atoms with van der Waals surface area (Å²) in [5, 5.41) is 26.5. The molecule has 3 aromatic rings. The van der Waals surface area contributed by atoms with Crippen LogP contribution in [-0.2, 0) is 30.5 Å². The number of β-lactam (4-membered cyclic amide) rings is 1. The number of hydrogen-bond acceptors (Lipinski definition) is 14. The number of aromatic nitrogens is 2. The maximum absolute atomic E-state index is 15.3. The smallest absolute Gasteiger partial charge is 0.410 e. The third-order valence-electron chi connectivity index (χ3n) is 8.67. The quantitative estimate of drug-likeness (QED) is 0.128. The highest BCUT2D eigenvalue weighted by Gasteiger charge is 2.54. The van der Waals surface area contributed by atoms with E-state index >= 15 is 4.39 Å². The number of aryl methyl sites for hydroxylation is 1. The predicted octanol–water partition coefficient (Wildman–Crippen LogP) is 0.945. The Labute approximate surface area is 301 Å². The van der Waals surface area contributed by atoms with E-state index in [0.29, 0.717) is 12.1 Å². The van der Waals surface area contributed by atoms with Crippen LogP contribution in [0, 0.1) is 5.82 Å². The van der Waals surface area contributed by atoms with Gasteiger partial charge in [0, 0.05) is 61.0 Å². The average Bonchev–Trinajstić information content (AvgIpc) is 3.56. The highest BCUT2D eigenvalue weighted by molar-refractivity contribution is 8.00. The predicted molar refractivity (Wildman–Crippen MR) is 186 cm³/mol. The standard InChI is InChI=1S/C31H31FN8O10S2/c1-3-37-10-16(28(44)45)24(41)15-8-17(32)20(9-19(15)37)38-4-6-39(7-5-38)31(48)50-11-14-12-51-27-22(26(43)40(27)23(14)29(46)47)35-25(42)21(36-49-2)18-13-52-30(33)34-18/h8-10,13,22,27H,3-7,11-12H2,1-2H3,(H2,33,34)(H,35,42)(H,44,45)(H,46,47)/b36-21-/t22-,27-/m1/s1. The first-order valence-electron chi connectivity index (χ1n) is 15.6. The van der Waals surface area contributed by atoms with E-state index < -0.39 is 64.7 Å². The molecule has 0 aliphatic carbocycles. The molecule has 3 amide bonds. The number of ether oxygens (including phenoxy) is 1. The Kier molecular flexibility index (Phi) is 10.1. The van der Waals surface area contributed by atoms with Gasteiger partial charge in [-0.05, 0) is 19.1 Å². The van der Waals surface area contributed by atoms with Crippen molar-refractivity contribution in [1.29, 1.82) is 0 Å². The number of carbonyl (C=O) groups is 5. The van der Waals surface area contributed by atoms with E-state index in [1.54, 1.807) is 16.4 Å². The van der Waals surface area contributed by atoms with Crippen LogP contribution in [0.15, 0.2) is 44.9 Å². The summed E-state index contributed by atoms with van der Waals surface area (Å²) in [7, 11) is 1.23. The zero-order chi connectivity index (χ0) is 37.4. The van der Waals surface area contributed by atoms with Gasteiger partial charge in [-0.15, -0.1) is 23.1 Å². The summed E-state index contributed by atoms with van der Waals surface area (Å²) in [4.78, 5) is 88.6. The molecule has 0 unspecified atom stereocenters. The Bertz CT molecular complexity index is 2130. The number of halogens is 1. The van der Waals surface area contributed by atoms with E-state index in [4.69, 9.17) is 15.3 Å². The van der Waals surface area contributed by atoms with Crippen LogP contribution < -0.4 is 21.4 Å². The zero-order valence-corrected chi connectivity index (χ0v) is 29.2. The van der Waals surface area contributed by atoms with E-state index in [1.807, 2.05) is 0 Å². The molecule has 3 aliphatic heterocycles. The zero-order valence-electron chi connectivity index (χ0n) is 27.5. The molecule has 21 heteroatoms. The lowest BCUT2D eigenvalue weighted by Gasteiger charge is -2.49. The van der Waals surface area contributed by atoms with Crippen LogP contribution >= 0.6 is 23.1 Å². The number of hydrogen-bond donors (Lipinski definition) is 4. The number of aliphatic carboxylic acids is 1. The number of carboxylic acid groups (broad SMARTS) is 2. The monoisotopic (exact) mass is 758 g/mol. The largest absolute Gasteiger partial charge is 0.477 e. The van der Waals surface area contributed by atoms with Gasteiger partial charge >= 0.3 is 18.0 Å². The van der Waals surface area contributed by atoms with Crippen molar-refractivity contribution < 1.29 is 48.2 Å². The van der Waals surface area contributed by atoms with Crippen molar-refractivity contribution in [2.45, 2.75) is 24.9 Å². The van der Waals surface area contributed by atoms with E-state index in [-0.39, 0.29) is 70.8 Å². The number of benzene rings is 1. The van der Waals surface area contributed by atoms with Crippen molar-refractivity contribution in [3.63, 3.8) is 0 Å². The number of aromatic carboxylic acids is 1. The van der Waals surface area contributed by atoms with Crippen molar-refractivity contribution in [1.82, 2.24) is 24.7 Å². The maximum atomic E-state index is 15.3. The maximum Gasteiger partial charge on any atom is 0.410 e. The summed E-state index contributed by atoms with van der Waals surface area (Å²) >= 11 is 2.26. The first-order valence-corrected chi connectivity index (χ1v) is 17.6. The molecule has 274 valence electrons. The lowest BCUT2D eigenvalue weighted by molar-refractivity contribution is -0.150. The van der Waals surface area contributed by atoms with Crippen LogP contribution in [0.3, 0.4) is 0 Å². The van der Waals surface area contributed by atoms with E-state index in [0.717, 1.165) is 22.3 Å². The summed E-state index contributed by atoms with van der Waals surface area (Å²) < 4.78 is 22.3. The molecule has 52 heavy (non-hydrogen) atoms. The number of oxime groups is 1. The van der Waals surface area contributed by atoms with Gasteiger partial charge < -0.3 is 45.2 Å². The van der Waals surface area contributed by atoms with Crippen LogP contribution in [0.2, 0.25) is 0 Å². The summed E-state index contributed by atoms with van der Waals surface area (Å²) in [5.74, 6) is -4.91. The van der Waals surface area contributed by atoms with Gasteiger partial charge in [-0.3, -0.25) is 19.3 Å². The molecule has 0 saturated carbocycles. The van der Waals surface area contributed by atoms with Gasteiger partial charge in [0.05, 0.1) is 11.2 Å². The number of thioether (sulfide) groups is 1. The molecular formula is C31H31FN8O10S2. The van der Waals surface area contributed by atoms with E-state index in [1.165, 1.54) is 41.4 Å². The number of nitrogen functional groups attached to an aromatic ring is 1. The van der Waals surface area contributed by atoms with Crippen LogP contribution in [0.5, 0.6) is 0 Å². The van der Waals surface area contributed by atoms with Gasteiger partial charge in [-0.25, -0.2) is 23.8 Å². The van der Waals surface area contributed by atoms with Gasteiger partial charge in [0.15, 0.2) is 10.8 Å². The van der Waals surface area contributed by atoms with Gasteiger partial charge in [-0.1, -0.05) is 5.16 Å². The third-order valence-corrected chi connectivity index (χ3v) is 10.7. The van der Waals surface area contributed by atoms with Crippen molar-refractivity contribution in [2.24, 2.45) is 5.16 Å². The molecule has 2 aromatic heterocycles. The van der Waals surface area contributed by atoms with Crippen molar-refractivity contribution >= 4 is 80.4 Å². The Balaban J connectivity index is 1.09. The fourth-order valence-corrected chi connectivity index (χ4v) is 8.00. The van der Waals surface area contributed by atoms with Crippen molar-refractivity contribution in [3.05, 3.63) is 62.3 Å². The van der Waals surface area contributed by atoms with Gasteiger partial charge in [0.25, 0.3) is 11.8 Å². The lowest BCUT2D eigenvalue weighted by Crippen LogP contribution is -2.71. The molecule has 2 fully saturated rings. The number of pyridine rings is 1. The summed E-state index contributed by atoms with van der Waals surface area (Å²) in [6.45, 7) is 2.34. The average molecular weight is 759 g/mol. The Morgan fingerprint density at radius 2 is 1.87 bits per heavy atom. The fourth-order valence-electron chi connectivity index (χ4n) is 6.12. The minimum absolute atomic E-state index is 0.0593. The second-order valence-corrected chi connectivity index (χ2v) is 13.6. The first kappa shape index (κ1) is 36.1. The van der Waals surface area contributed by atoms with Gasteiger partial charge in [0.2, 0.25) is 5.43 Å². The number of nitrogens with zero attached hydrogens (tertiary/aromatic N) is 6. The number of carbonyl (C=O) groups excluding carboxylic acids is 3. The highest BCUT2D eigenvalue weighted by atomic mass is 32.2. The number of thiazole rings is 1. The van der Waals surface area contributed by atoms with E-state index in [9.17, 15) is 39.0 Å². The van der Waals surface area contributed by atoms with E-state index in [2.05, 4.69) is 15.5 Å². The van der Waals surface area contributed by atoms with Crippen LogP contribution in [0.4, 0.5) is 20.0 Å². The van der Waals surface area contributed by atoms with Gasteiger partial charge in [-0.2, -0.15) is 0 Å². The molecule has 2 saturated heterocycles. The second-order valence-electron chi connectivity index (χ2n) is 11.6. The molecule has 0 radical (unpaired) electrons. The molecule has 3 aliphatic rings. The number of rotatable bonds is 10. The molecular weight excluding hydrogens is 728 g/mol. The van der Waals surface area contributed by atoms with Crippen LogP contribution in [0.25, 0.3) is 10.9 Å². The second kappa shape index (κ2) is 14.5. The summed E-state index contributed by atoms with van der Waals surface area (Å²) in [6.07, 6.45) is 0.487. The number of carboxylic acids is 2. The Morgan fingerprint density at radius 3 is 2.48 bits per heavy atom. The Hall–Kier alpha value is -5.70. The van der Waals surface area contributed by atoms with Crippen molar-refractivity contribution in [2.75, 3.05) is 56.3 Å². The lowest BCUT2D eigenvalue weighted by atomic mass is 10.0. The normalized spacial score (nSPS) is 18.9. The molecule has 0 bridgehead atoms. The Morgan fingerprint density at radius 1 is 1.13 bits per heavy atom. The van der Waals surface area contributed by atoms with Crippen LogP contribution in [0.1, 0.15) is 23.0 Å². The number of amides is 3. The molecule has 18 nitrogen and oxygen atoms in total. The number of nitrogens with one attached hydrogen (secondary N) is 1. The fraction of sp³-hybridized carbons (Fsp3) is 0.355. The molecule has 2 atom stereocenters. The van der Waals surface area contributed by atoms with Crippen molar-refractivity contribution in [3.8, 4) is 0 Å². The SMILES string of the molecule is CCn1cc(C(=O)O)c(=O)c2cc(F)c(N3CCN(C(=O)OCC4=C(C(=O)O)N5C(=O)[C@@H](NC(=O)/C(=N\OC)c6csc(N)n6)[C@H]5SC4)CC3)cc21. The molecule has 6 rings (SSSR count). The van der Waals surface area contributed by atoms with Crippen LogP contribution in [-0.4, -0.2) is 122 Å². The highest BCUT2D eigenvalue weighted by Crippen LogP contribution is 2.40. The first-order chi connectivity index (χ1) is 24.8. The number of fused-ring (bicyclic) bond motifs is 2. The number of nitrogens with two attached hydrogens (primary N) is 1. The van der Waals surface area contributed by atoms with Gasteiger partial charge in [0.1, 0.15) is 47.9 Å². The summed E-state index contributed by atoms with van der Waals surface area (Å²) in [6, 6.07) is 1.44. The topological polar surface area (TPSA) is 239 Å². The minimum Gasteiger partial charge on any atom is -0.477 e. The third kappa shape index (κ3) is 6.59. The molecule has 5 heterocycles. The minimum atomic E-state index is -1.41. The summed E-state index contributed by atoms with van der Waals surface area (Å²) in [5.41, 5.74) is 4.72. The molecule has 1 aromatic carbocycles. The number of anilines is 2. The molecule has 0 spiro atoms. The molecule has 5 N–H and O–H groups in total. The number of piperazine rings is 1.